The molecule has 0 aliphatic rings. The molecule has 0 spiro atoms. The zero-order chi connectivity index (χ0) is 11.8. The quantitative estimate of drug-likeness (QED) is 0.605. The first kappa shape index (κ1) is 10.5. The van der Waals surface area contributed by atoms with Crippen molar-refractivity contribution in [2.45, 2.75) is 13.8 Å². The molecule has 2 aromatic heterocycles. The number of aromatic nitrogens is 1. The molecule has 0 aliphatic carbocycles. The van der Waals surface area contributed by atoms with Crippen LogP contribution in [0.15, 0.2) is 41.8 Å². The number of hydrogen-bond acceptors (Lipinski definition) is 2. The summed E-state index contributed by atoms with van der Waals surface area (Å²) in [6, 6.07) is 12.8. The Labute approximate surface area is 105 Å². The Bertz CT molecular complexity index is 682. The number of hydrogen-bond donors (Lipinski definition) is 0. The summed E-state index contributed by atoms with van der Waals surface area (Å²) in [4.78, 5) is 6.00. The van der Waals surface area contributed by atoms with Crippen molar-refractivity contribution in [1.82, 2.24) is 4.98 Å². The largest absolute Gasteiger partial charge is 0.247 e. The first-order chi connectivity index (χ1) is 8.24. The molecule has 17 heavy (non-hydrogen) atoms. The number of pyridine rings is 1. The van der Waals surface area contributed by atoms with Crippen LogP contribution in [0.2, 0.25) is 0 Å². The van der Waals surface area contributed by atoms with Crippen LogP contribution in [0, 0.1) is 13.8 Å². The Morgan fingerprint density at radius 3 is 2.65 bits per heavy atom. The molecule has 0 N–H and O–H groups in total. The lowest BCUT2D eigenvalue weighted by Crippen LogP contribution is -1.85. The topological polar surface area (TPSA) is 12.9 Å². The predicted molar refractivity (Wildman–Crippen MR) is 74.5 cm³/mol. The molecule has 0 bridgehead atoms. The molecule has 0 fully saturated rings. The standard InChI is InChI=1S/C15H13NS/c1-10-3-5-13-12(9-10)4-6-14(16-13)15-11(2)7-8-17-15/h3-9H,1-2H3. The number of rotatable bonds is 1. The van der Waals surface area contributed by atoms with Gasteiger partial charge in [-0.15, -0.1) is 11.3 Å². The maximum Gasteiger partial charge on any atom is 0.0812 e. The summed E-state index contributed by atoms with van der Waals surface area (Å²) in [5.74, 6) is 0. The summed E-state index contributed by atoms with van der Waals surface area (Å²) in [6.45, 7) is 4.24. The number of fused-ring (bicyclic) bond motifs is 1. The van der Waals surface area contributed by atoms with Crippen molar-refractivity contribution < 1.29 is 0 Å². The molecule has 0 saturated heterocycles. The first-order valence-electron chi connectivity index (χ1n) is 5.66. The van der Waals surface area contributed by atoms with Crippen molar-refractivity contribution in [1.29, 1.82) is 0 Å². The third-order valence-corrected chi connectivity index (χ3v) is 3.98. The molecule has 3 rings (SSSR count). The highest BCUT2D eigenvalue weighted by Gasteiger charge is 2.05. The van der Waals surface area contributed by atoms with Gasteiger partial charge >= 0.3 is 0 Å². The van der Waals surface area contributed by atoms with Crippen LogP contribution in [0.25, 0.3) is 21.5 Å². The van der Waals surface area contributed by atoms with Crippen LogP contribution in [-0.2, 0) is 0 Å². The normalized spacial score (nSPS) is 10.9. The van der Waals surface area contributed by atoms with E-state index in [-0.39, 0.29) is 0 Å². The van der Waals surface area contributed by atoms with Gasteiger partial charge in [-0.2, -0.15) is 0 Å². The number of nitrogens with zero attached hydrogens (tertiary/aromatic N) is 1. The summed E-state index contributed by atoms with van der Waals surface area (Å²) < 4.78 is 0. The van der Waals surface area contributed by atoms with Crippen LogP contribution in [0.1, 0.15) is 11.1 Å². The van der Waals surface area contributed by atoms with E-state index in [1.807, 2.05) is 0 Å². The van der Waals surface area contributed by atoms with E-state index in [4.69, 9.17) is 4.98 Å². The minimum absolute atomic E-state index is 1.07. The summed E-state index contributed by atoms with van der Waals surface area (Å²) >= 11 is 1.75. The van der Waals surface area contributed by atoms with Gasteiger partial charge in [-0.3, -0.25) is 0 Å². The SMILES string of the molecule is Cc1ccc2nc(-c3sccc3C)ccc2c1. The number of aryl methyl sites for hydroxylation is 2. The molecule has 1 nitrogen and oxygen atoms in total. The Hall–Kier alpha value is -1.67. The lowest BCUT2D eigenvalue weighted by atomic mass is 10.1. The van der Waals surface area contributed by atoms with Crippen LogP contribution < -0.4 is 0 Å². The molecule has 0 unspecified atom stereocenters. The van der Waals surface area contributed by atoms with Gasteiger partial charge in [0.25, 0.3) is 0 Å². The highest BCUT2D eigenvalue weighted by Crippen LogP contribution is 2.28. The van der Waals surface area contributed by atoms with Gasteiger partial charge in [0, 0.05) is 5.39 Å². The highest BCUT2D eigenvalue weighted by molar-refractivity contribution is 7.13. The van der Waals surface area contributed by atoms with Crippen LogP contribution in [-0.4, -0.2) is 4.98 Å². The van der Waals surface area contributed by atoms with Crippen molar-refractivity contribution in [2.75, 3.05) is 0 Å². The predicted octanol–water partition coefficient (Wildman–Crippen LogP) is 4.58. The summed E-state index contributed by atoms with van der Waals surface area (Å²) in [5.41, 5.74) is 4.73. The second kappa shape index (κ2) is 3.97. The average Bonchev–Trinajstić information content (AvgIpc) is 2.75. The van der Waals surface area contributed by atoms with Gasteiger partial charge in [-0.25, -0.2) is 4.98 Å². The van der Waals surface area contributed by atoms with Crippen molar-refractivity contribution in [3.8, 4) is 10.6 Å². The van der Waals surface area contributed by atoms with E-state index in [1.54, 1.807) is 11.3 Å². The molecule has 0 atom stereocenters. The highest BCUT2D eigenvalue weighted by atomic mass is 32.1. The summed E-state index contributed by atoms with van der Waals surface area (Å²) in [5, 5.41) is 3.33. The lowest BCUT2D eigenvalue weighted by molar-refractivity contribution is 1.38. The molecule has 0 radical (unpaired) electrons. The monoisotopic (exact) mass is 239 g/mol. The Morgan fingerprint density at radius 1 is 1.00 bits per heavy atom. The van der Waals surface area contributed by atoms with Gasteiger partial charge in [0.1, 0.15) is 0 Å². The minimum atomic E-state index is 1.07. The van der Waals surface area contributed by atoms with Gasteiger partial charge in [-0.05, 0) is 49.1 Å². The molecule has 0 amide bonds. The molecule has 2 heterocycles. The second-order valence-electron chi connectivity index (χ2n) is 4.33. The van der Waals surface area contributed by atoms with E-state index in [1.165, 1.54) is 21.4 Å². The Balaban J connectivity index is 2.20. The van der Waals surface area contributed by atoms with Crippen LogP contribution in [0.3, 0.4) is 0 Å². The van der Waals surface area contributed by atoms with E-state index >= 15 is 0 Å². The van der Waals surface area contributed by atoms with E-state index in [2.05, 4.69) is 55.6 Å². The number of benzene rings is 1. The molecule has 3 aromatic rings. The molecule has 2 heteroatoms. The van der Waals surface area contributed by atoms with Crippen LogP contribution in [0.5, 0.6) is 0 Å². The third-order valence-electron chi connectivity index (χ3n) is 2.94. The Kier molecular flexibility index (Phi) is 2.45. The van der Waals surface area contributed by atoms with Crippen molar-refractivity contribution in [2.24, 2.45) is 0 Å². The minimum Gasteiger partial charge on any atom is -0.247 e. The van der Waals surface area contributed by atoms with E-state index in [9.17, 15) is 0 Å². The van der Waals surface area contributed by atoms with Crippen molar-refractivity contribution in [3.63, 3.8) is 0 Å². The third kappa shape index (κ3) is 1.85. The second-order valence-corrected chi connectivity index (χ2v) is 5.24. The maximum atomic E-state index is 4.73. The zero-order valence-electron chi connectivity index (χ0n) is 9.90. The lowest BCUT2D eigenvalue weighted by Gasteiger charge is -2.03. The fourth-order valence-electron chi connectivity index (χ4n) is 2.01. The molecule has 0 saturated carbocycles. The van der Waals surface area contributed by atoms with E-state index in [0.717, 1.165) is 11.2 Å². The molecular formula is C15H13NS. The van der Waals surface area contributed by atoms with Gasteiger partial charge in [0.05, 0.1) is 16.1 Å². The first-order valence-corrected chi connectivity index (χ1v) is 6.54. The fraction of sp³-hybridized carbons (Fsp3) is 0.133. The van der Waals surface area contributed by atoms with E-state index in [0.29, 0.717) is 0 Å². The fourth-order valence-corrected chi connectivity index (χ4v) is 2.90. The van der Waals surface area contributed by atoms with Gasteiger partial charge in [0.2, 0.25) is 0 Å². The van der Waals surface area contributed by atoms with Crippen LogP contribution >= 0.6 is 11.3 Å². The van der Waals surface area contributed by atoms with Crippen molar-refractivity contribution >= 4 is 22.2 Å². The van der Waals surface area contributed by atoms with Crippen LogP contribution in [0.4, 0.5) is 0 Å². The molecule has 84 valence electrons. The molecule has 1 aromatic carbocycles. The van der Waals surface area contributed by atoms with Gasteiger partial charge in [0.15, 0.2) is 0 Å². The molecular weight excluding hydrogens is 226 g/mol. The Morgan fingerprint density at radius 2 is 1.88 bits per heavy atom. The zero-order valence-corrected chi connectivity index (χ0v) is 10.7. The average molecular weight is 239 g/mol. The summed E-state index contributed by atoms with van der Waals surface area (Å²) in [7, 11) is 0. The smallest absolute Gasteiger partial charge is 0.0812 e. The van der Waals surface area contributed by atoms with Gasteiger partial charge in [-0.1, -0.05) is 17.7 Å². The maximum absolute atomic E-state index is 4.73. The van der Waals surface area contributed by atoms with E-state index < -0.39 is 0 Å². The molecule has 0 aliphatic heterocycles. The van der Waals surface area contributed by atoms with Gasteiger partial charge < -0.3 is 0 Å². The van der Waals surface area contributed by atoms with Crippen molar-refractivity contribution in [3.05, 3.63) is 52.9 Å². The number of thiophene rings is 1. The summed E-state index contributed by atoms with van der Waals surface area (Å²) in [6.07, 6.45) is 0.